The Morgan fingerprint density at radius 3 is 2.77 bits per heavy atom. The van der Waals surface area contributed by atoms with E-state index in [9.17, 15) is 13.5 Å². The summed E-state index contributed by atoms with van der Waals surface area (Å²) in [5, 5.41) is 20.9. The van der Waals surface area contributed by atoms with Gasteiger partial charge in [-0.15, -0.1) is 0 Å². The molecule has 3 rings (SSSR count). The van der Waals surface area contributed by atoms with Gasteiger partial charge < -0.3 is 5.11 Å². The number of piperidine rings is 1. The van der Waals surface area contributed by atoms with Crippen molar-refractivity contribution in [2.24, 2.45) is 5.92 Å². The topological polar surface area (TPSA) is 99.2 Å². The maximum atomic E-state index is 12.7. The van der Waals surface area contributed by atoms with Crippen LogP contribution in [-0.4, -0.2) is 52.1 Å². The third-order valence-corrected chi connectivity index (χ3v) is 6.88. The quantitative estimate of drug-likeness (QED) is 0.859. The van der Waals surface area contributed by atoms with Gasteiger partial charge in [-0.2, -0.15) is 19.7 Å². The van der Waals surface area contributed by atoms with Crippen molar-refractivity contribution in [2.75, 3.05) is 18.8 Å². The van der Waals surface area contributed by atoms with Gasteiger partial charge in [-0.3, -0.25) is 0 Å². The summed E-state index contributed by atoms with van der Waals surface area (Å²) in [5.74, 6) is 0.475. The van der Waals surface area contributed by atoms with E-state index < -0.39 is 15.6 Å². The molecule has 1 saturated carbocycles. The summed E-state index contributed by atoms with van der Waals surface area (Å²) >= 11 is 0. The molecule has 0 aromatic carbocycles. The van der Waals surface area contributed by atoms with Crippen LogP contribution in [0.25, 0.3) is 0 Å². The molecule has 22 heavy (non-hydrogen) atoms. The van der Waals surface area contributed by atoms with Crippen LogP contribution in [0.3, 0.4) is 0 Å². The van der Waals surface area contributed by atoms with Gasteiger partial charge in [-0.05, 0) is 31.6 Å². The lowest BCUT2D eigenvalue weighted by Gasteiger charge is -2.37. The van der Waals surface area contributed by atoms with Gasteiger partial charge in [0.05, 0.1) is 11.9 Å². The fourth-order valence-electron chi connectivity index (χ4n) is 3.63. The van der Waals surface area contributed by atoms with E-state index in [1.165, 1.54) is 16.9 Å². The van der Waals surface area contributed by atoms with Gasteiger partial charge in [-0.25, -0.2) is 8.42 Å². The molecule has 1 atom stereocenters. The average molecular weight is 328 g/mol. The molecule has 1 unspecified atom stereocenters. The van der Waals surface area contributed by atoms with E-state index in [0.29, 0.717) is 25.1 Å². The number of aromatic nitrogens is 3. The summed E-state index contributed by atoms with van der Waals surface area (Å²) in [4.78, 5) is 0. The van der Waals surface area contributed by atoms with Crippen LogP contribution < -0.4 is 0 Å². The van der Waals surface area contributed by atoms with E-state index in [4.69, 9.17) is 0 Å². The highest BCUT2D eigenvalue weighted by Crippen LogP contribution is 2.32. The molecule has 0 amide bonds. The van der Waals surface area contributed by atoms with E-state index >= 15 is 0 Å². The Hall–Kier alpha value is -0.990. The Labute approximate surface area is 131 Å². The second-order valence-corrected chi connectivity index (χ2v) is 8.62. The molecule has 2 N–H and O–H groups in total. The van der Waals surface area contributed by atoms with E-state index in [2.05, 4.69) is 15.4 Å². The van der Waals surface area contributed by atoms with Gasteiger partial charge in [0.15, 0.2) is 0 Å². The van der Waals surface area contributed by atoms with E-state index in [-0.39, 0.29) is 18.2 Å². The Kier molecular flexibility index (Phi) is 4.52. The van der Waals surface area contributed by atoms with Crippen LogP contribution in [0, 0.1) is 5.92 Å². The molecule has 124 valence electrons. The molecular weight excluding hydrogens is 304 g/mol. The molecule has 1 saturated heterocycles. The Bertz CT molecular complexity index is 583. The van der Waals surface area contributed by atoms with Crippen molar-refractivity contribution in [3.05, 3.63) is 11.9 Å². The highest BCUT2D eigenvalue weighted by atomic mass is 32.2. The molecule has 7 nitrogen and oxygen atoms in total. The van der Waals surface area contributed by atoms with Gasteiger partial charge in [0.1, 0.15) is 11.3 Å². The first-order valence-electron chi connectivity index (χ1n) is 8.06. The van der Waals surface area contributed by atoms with Crippen LogP contribution in [0.5, 0.6) is 0 Å². The second-order valence-electron chi connectivity index (χ2n) is 6.61. The van der Waals surface area contributed by atoms with Gasteiger partial charge in [0.2, 0.25) is 10.0 Å². The van der Waals surface area contributed by atoms with Crippen molar-refractivity contribution in [1.29, 1.82) is 0 Å². The maximum Gasteiger partial charge on any atom is 0.214 e. The average Bonchev–Trinajstić information content (AvgIpc) is 3.03. The largest absolute Gasteiger partial charge is 0.382 e. The first kappa shape index (κ1) is 15.9. The van der Waals surface area contributed by atoms with Crippen molar-refractivity contribution >= 4 is 10.0 Å². The summed E-state index contributed by atoms with van der Waals surface area (Å²) in [6.07, 6.45) is 8.08. The summed E-state index contributed by atoms with van der Waals surface area (Å²) in [7, 11) is -3.33. The van der Waals surface area contributed by atoms with Crippen molar-refractivity contribution in [1.82, 2.24) is 19.7 Å². The lowest BCUT2D eigenvalue weighted by molar-refractivity contribution is -0.0162. The smallest absolute Gasteiger partial charge is 0.214 e. The predicted octanol–water partition coefficient (Wildman–Crippen LogP) is 0.998. The van der Waals surface area contributed by atoms with Gasteiger partial charge in [0, 0.05) is 13.1 Å². The van der Waals surface area contributed by atoms with Crippen LogP contribution in [0.15, 0.2) is 6.20 Å². The SMILES string of the molecule is O=S(=O)(CC1CCCCC1)N1CCCC(O)(c2cn[nH]n2)C1. The molecule has 0 radical (unpaired) electrons. The minimum Gasteiger partial charge on any atom is -0.382 e. The normalized spacial score (nSPS) is 28.8. The summed E-state index contributed by atoms with van der Waals surface area (Å²) in [6.45, 7) is 0.559. The fourth-order valence-corrected chi connectivity index (χ4v) is 5.58. The zero-order chi connectivity index (χ0) is 15.6. The number of β-amino-alcohol motifs (C(OH)–C–C–N with tert-alkyl or cyclic N) is 1. The number of aliphatic hydroxyl groups is 1. The Morgan fingerprint density at radius 2 is 2.09 bits per heavy atom. The molecular formula is C14H24N4O3S. The van der Waals surface area contributed by atoms with E-state index in [0.717, 1.165) is 25.7 Å². The van der Waals surface area contributed by atoms with Gasteiger partial charge in [-0.1, -0.05) is 19.3 Å². The number of hydrogen-bond acceptors (Lipinski definition) is 5. The van der Waals surface area contributed by atoms with Gasteiger partial charge >= 0.3 is 0 Å². The zero-order valence-electron chi connectivity index (χ0n) is 12.7. The van der Waals surface area contributed by atoms with Crippen LogP contribution >= 0.6 is 0 Å². The molecule has 1 aliphatic heterocycles. The maximum absolute atomic E-state index is 12.7. The molecule has 0 spiro atoms. The molecule has 1 aliphatic carbocycles. The fraction of sp³-hybridized carbons (Fsp3) is 0.857. The Morgan fingerprint density at radius 1 is 1.32 bits per heavy atom. The lowest BCUT2D eigenvalue weighted by atomic mass is 9.91. The molecule has 0 bridgehead atoms. The van der Waals surface area contributed by atoms with Crippen LogP contribution in [-0.2, 0) is 15.6 Å². The Balaban J connectivity index is 1.70. The number of aromatic amines is 1. The lowest BCUT2D eigenvalue weighted by Crippen LogP contribution is -2.49. The van der Waals surface area contributed by atoms with Crippen molar-refractivity contribution in [3.63, 3.8) is 0 Å². The number of nitrogens with zero attached hydrogens (tertiary/aromatic N) is 3. The minimum atomic E-state index is -3.33. The second kappa shape index (κ2) is 6.25. The minimum absolute atomic E-state index is 0.0780. The van der Waals surface area contributed by atoms with Gasteiger partial charge in [0.25, 0.3) is 0 Å². The monoisotopic (exact) mass is 328 g/mol. The van der Waals surface area contributed by atoms with Crippen molar-refractivity contribution in [2.45, 2.75) is 50.5 Å². The van der Waals surface area contributed by atoms with E-state index in [1.807, 2.05) is 0 Å². The number of rotatable bonds is 4. The summed E-state index contributed by atoms with van der Waals surface area (Å²) in [6, 6.07) is 0. The number of nitrogens with one attached hydrogen (secondary N) is 1. The molecule has 1 aromatic rings. The van der Waals surface area contributed by atoms with Crippen LogP contribution in [0.4, 0.5) is 0 Å². The molecule has 8 heteroatoms. The highest BCUT2D eigenvalue weighted by Gasteiger charge is 2.41. The third kappa shape index (κ3) is 3.33. The highest BCUT2D eigenvalue weighted by molar-refractivity contribution is 7.89. The first-order valence-corrected chi connectivity index (χ1v) is 9.67. The summed E-state index contributed by atoms with van der Waals surface area (Å²) < 4.78 is 26.8. The molecule has 2 heterocycles. The molecule has 2 fully saturated rings. The molecule has 1 aromatic heterocycles. The number of H-pyrrole nitrogens is 1. The van der Waals surface area contributed by atoms with E-state index in [1.54, 1.807) is 0 Å². The summed E-state index contributed by atoms with van der Waals surface area (Å²) in [5.41, 5.74) is -0.810. The molecule has 2 aliphatic rings. The number of sulfonamides is 1. The standard InChI is InChI=1S/C14H24N4O3S/c19-14(13-9-15-17-16-13)7-4-8-18(11-14)22(20,21)10-12-5-2-1-3-6-12/h9,12,19H,1-8,10-11H2,(H,15,16,17). The number of hydrogen-bond donors (Lipinski definition) is 2. The first-order chi connectivity index (χ1) is 10.5. The van der Waals surface area contributed by atoms with Crippen molar-refractivity contribution in [3.8, 4) is 0 Å². The zero-order valence-corrected chi connectivity index (χ0v) is 13.6. The predicted molar refractivity (Wildman–Crippen MR) is 81.4 cm³/mol. The van der Waals surface area contributed by atoms with Crippen LogP contribution in [0.1, 0.15) is 50.6 Å². The van der Waals surface area contributed by atoms with Crippen molar-refractivity contribution < 1.29 is 13.5 Å². The third-order valence-electron chi connectivity index (χ3n) is 4.89. The van der Waals surface area contributed by atoms with Crippen LogP contribution in [0.2, 0.25) is 0 Å².